The number of aryl methyl sites for hydroxylation is 3. The molecule has 0 saturated heterocycles. The predicted octanol–water partition coefficient (Wildman–Crippen LogP) is 3.30. The first-order valence-electron chi connectivity index (χ1n) is 7.72. The fourth-order valence-corrected chi connectivity index (χ4v) is 4.55. The van der Waals surface area contributed by atoms with Crippen molar-refractivity contribution in [3.8, 4) is 0 Å². The lowest BCUT2D eigenvalue weighted by Crippen LogP contribution is -2.28. The molecule has 0 amide bonds. The van der Waals surface area contributed by atoms with Gasteiger partial charge in [0.25, 0.3) is 5.65 Å². The van der Waals surface area contributed by atoms with E-state index in [0.717, 1.165) is 13.0 Å². The van der Waals surface area contributed by atoms with E-state index >= 15 is 0 Å². The number of fused-ring (bicyclic) bond motifs is 1. The van der Waals surface area contributed by atoms with Gasteiger partial charge in [-0.3, -0.25) is 0 Å². The number of hydrogen-bond acceptors (Lipinski definition) is 0. The summed E-state index contributed by atoms with van der Waals surface area (Å²) in [4.78, 5) is 0. The molecule has 2 aliphatic rings. The van der Waals surface area contributed by atoms with Gasteiger partial charge in [-0.05, 0) is 25.0 Å². The highest BCUT2D eigenvalue weighted by molar-refractivity contribution is 6.13. The van der Waals surface area contributed by atoms with Gasteiger partial charge >= 0.3 is 0 Å². The van der Waals surface area contributed by atoms with Crippen LogP contribution in [-0.4, -0.2) is 4.40 Å². The summed E-state index contributed by atoms with van der Waals surface area (Å²) in [6.45, 7) is 3.28. The Morgan fingerprint density at radius 1 is 1.05 bits per heavy atom. The molecule has 2 nitrogen and oxygen atoms in total. The van der Waals surface area contributed by atoms with E-state index in [-0.39, 0.29) is 0 Å². The molecule has 0 spiro atoms. The zero-order valence-electron chi connectivity index (χ0n) is 12.0. The van der Waals surface area contributed by atoms with Crippen molar-refractivity contribution in [2.45, 2.75) is 26.3 Å². The van der Waals surface area contributed by atoms with Crippen LogP contribution < -0.4 is 4.57 Å². The van der Waals surface area contributed by atoms with Gasteiger partial charge in [-0.25, -0.2) is 4.57 Å². The lowest BCUT2D eigenvalue weighted by atomic mass is 9.93. The van der Waals surface area contributed by atoms with Gasteiger partial charge in [0.05, 0.1) is 5.39 Å². The van der Waals surface area contributed by atoms with Gasteiger partial charge < -0.3 is 0 Å². The first-order valence-corrected chi connectivity index (χ1v) is 7.72. The molecule has 0 fully saturated rings. The van der Waals surface area contributed by atoms with Crippen molar-refractivity contribution in [3.05, 3.63) is 58.9 Å². The van der Waals surface area contributed by atoms with Crippen LogP contribution in [0.1, 0.15) is 22.4 Å². The van der Waals surface area contributed by atoms with E-state index in [2.05, 4.69) is 52.4 Å². The van der Waals surface area contributed by atoms with Gasteiger partial charge in [0.15, 0.2) is 0 Å². The Morgan fingerprint density at radius 3 is 2.95 bits per heavy atom. The van der Waals surface area contributed by atoms with E-state index in [1.807, 2.05) is 0 Å². The second-order valence-electron chi connectivity index (χ2n) is 6.50. The Hall–Kier alpha value is -2.35. The highest BCUT2D eigenvalue weighted by atomic mass is 15.1. The minimum atomic E-state index is 1.03. The number of aromatic nitrogens is 2. The Balaban J connectivity index is 2.11. The zero-order valence-corrected chi connectivity index (χ0v) is 12.0. The molecule has 2 aromatic carbocycles. The number of hydrogen-bond donors (Lipinski definition) is 0. The number of rotatable bonds is 0. The summed E-state index contributed by atoms with van der Waals surface area (Å²) in [6, 6.07) is 11.4. The molecule has 0 radical (unpaired) electrons. The third-order valence-corrected chi connectivity index (χ3v) is 5.45. The molecule has 100 valence electrons. The standard InChI is InChI=1S/C19H15N2/c1-11-5-7-16-15-4-2-3-12-9-20-10-13-6-8-14(11)18(16)21(13)19(20)17(12)15/h2-5,7,10H,6,8-9H2,1H3/q+1. The molecule has 21 heavy (non-hydrogen) atoms. The highest BCUT2D eigenvalue weighted by Gasteiger charge is 2.33. The number of imidazole rings is 1. The molecule has 0 unspecified atom stereocenters. The molecule has 4 aromatic rings. The maximum atomic E-state index is 2.54. The maximum Gasteiger partial charge on any atom is 0.295 e. The van der Waals surface area contributed by atoms with Crippen molar-refractivity contribution in [2.75, 3.05) is 0 Å². The van der Waals surface area contributed by atoms with Crippen molar-refractivity contribution in [1.82, 2.24) is 4.40 Å². The van der Waals surface area contributed by atoms with Gasteiger partial charge in [-0.1, -0.05) is 24.3 Å². The predicted molar refractivity (Wildman–Crippen MR) is 83.9 cm³/mol. The highest BCUT2D eigenvalue weighted by Crippen LogP contribution is 2.38. The van der Waals surface area contributed by atoms with Crippen LogP contribution in [0, 0.1) is 6.92 Å². The number of benzene rings is 2. The second kappa shape index (κ2) is 3.11. The minimum Gasteiger partial charge on any atom is -0.225 e. The topological polar surface area (TPSA) is 8.29 Å². The summed E-state index contributed by atoms with van der Waals surface area (Å²) in [7, 11) is 0. The van der Waals surface area contributed by atoms with E-state index in [0.29, 0.717) is 0 Å². The van der Waals surface area contributed by atoms with Crippen molar-refractivity contribution >= 4 is 27.3 Å². The third kappa shape index (κ3) is 1.00. The van der Waals surface area contributed by atoms with Crippen LogP contribution in [0.4, 0.5) is 0 Å². The molecule has 4 heterocycles. The average Bonchev–Trinajstić information content (AvgIpc) is 3.03. The van der Waals surface area contributed by atoms with E-state index in [1.165, 1.54) is 50.6 Å². The summed E-state index contributed by atoms with van der Waals surface area (Å²) >= 11 is 0. The van der Waals surface area contributed by atoms with E-state index in [1.54, 1.807) is 5.56 Å². The van der Waals surface area contributed by atoms with Gasteiger partial charge in [0, 0.05) is 28.3 Å². The van der Waals surface area contributed by atoms with Crippen LogP contribution in [0.2, 0.25) is 0 Å². The molecule has 0 atom stereocenters. The average molecular weight is 271 g/mol. The van der Waals surface area contributed by atoms with Crippen LogP contribution in [0.25, 0.3) is 27.3 Å². The first-order chi connectivity index (χ1) is 10.3. The Labute approximate surface area is 122 Å². The van der Waals surface area contributed by atoms with Gasteiger partial charge in [0.2, 0.25) is 0 Å². The van der Waals surface area contributed by atoms with E-state index < -0.39 is 0 Å². The Bertz CT molecular complexity index is 1120. The molecular formula is C19H15N2+. The minimum absolute atomic E-state index is 1.03. The molecule has 2 aliphatic heterocycles. The normalized spacial score (nSPS) is 15.3. The number of nitrogens with zero attached hydrogens (tertiary/aromatic N) is 2. The quantitative estimate of drug-likeness (QED) is 0.302. The summed E-state index contributed by atoms with van der Waals surface area (Å²) in [5.41, 5.74) is 8.79. The summed E-state index contributed by atoms with van der Waals surface area (Å²) in [5, 5.41) is 4.31. The second-order valence-corrected chi connectivity index (χ2v) is 6.50. The van der Waals surface area contributed by atoms with Gasteiger partial charge in [-0.15, -0.1) is 0 Å². The fourth-order valence-electron chi connectivity index (χ4n) is 4.55. The molecule has 0 N–H and O–H groups in total. The Morgan fingerprint density at radius 2 is 2.00 bits per heavy atom. The lowest BCUT2D eigenvalue weighted by molar-refractivity contribution is -0.657. The molecule has 0 aliphatic carbocycles. The van der Waals surface area contributed by atoms with Crippen LogP contribution in [0.5, 0.6) is 0 Å². The summed E-state index contributed by atoms with van der Waals surface area (Å²) in [5.74, 6) is 0. The summed E-state index contributed by atoms with van der Waals surface area (Å²) in [6.07, 6.45) is 4.71. The largest absolute Gasteiger partial charge is 0.295 e. The fraction of sp³-hybridized carbons (Fsp3) is 0.211. The first kappa shape index (κ1) is 10.4. The molecule has 0 saturated carbocycles. The van der Waals surface area contributed by atoms with Crippen LogP contribution >= 0.6 is 0 Å². The molecule has 2 aromatic heterocycles. The zero-order chi connectivity index (χ0) is 13.7. The van der Waals surface area contributed by atoms with Gasteiger partial charge in [-0.2, -0.15) is 4.40 Å². The maximum absolute atomic E-state index is 2.54. The van der Waals surface area contributed by atoms with E-state index in [4.69, 9.17) is 0 Å². The summed E-state index contributed by atoms with van der Waals surface area (Å²) < 4.78 is 4.99. The smallest absolute Gasteiger partial charge is 0.225 e. The van der Waals surface area contributed by atoms with Crippen molar-refractivity contribution in [3.63, 3.8) is 0 Å². The van der Waals surface area contributed by atoms with Crippen molar-refractivity contribution in [2.24, 2.45) is 0 Å². The lowest BCUT2D eigenvalue weighted by Gasteiger charge is -2.15. The molecule has 6 rings (SSSR count). The van der Waals surface area contributed by atoms with E-state index in [9.17, 15) is 0 Å². The van der Waals surface area contributed by atoms with Crippen molar-refractivity contribution in [1.29, 1.82) is 0 Å². The molecular weight excluding hydrogens is 256 g/mol. The van der Waals surface area contributed by atoms with Crippen LogP contribution in [0.3, 0.4) is 0 Å². The third-order valence-electron chi connectivity index (χ3n) is 5.45. The Kier molecular flexibility index (Phi) is 1.54. The SMILES string of the molecule is Cc1ccc2c3cccc4c3c3n5c(c[n+]3C4)CCc1c25. The number of pyridine rings is 1. The van der Waals surface area contributed by atoms with Crippen LogP contribution in [-0.2, 0) is 19.4 Å². The van der Waals surface area contributed by atoms with Crippen molar-refractivity contribution < 1.29 is 4.57 Å². The van der Waals surface area contributed by atoms with Crippen LogP contribution in [0.15, 0.2) is 36.5 Å². The molecule has 0 bridgehead atoms. The van der Waals surface area contributed by atoms with Gasteiger partial charge in [0.1, 0.15) is 24.0 Å². The molecule has 2 heteroatoms. The monoisotopic (exact) mass is 271 g/mol.